The van der Waals surface area contributed by atoms with Crippen LogP contribution >= 0.6 is 0 Å². The molecule has 24 heavy (non-hydrogen) atoms. The van der Waals surface area contributed by atoms with Crippen LogP contribution in [0.1, 0.15) is 38.5 Å². The second kappa shape index (κ2) is 7.68. The van der Waals surface area contributed by atoms with Crippen molar-refractivity contribution in [2.24, 2.45) is 11.8 Å². The van der Waals surface area contributed by atoms with E-state index in [1.54, 1.807) is 5.06 Å². The lowest BCUT2D eigenvalue weighted by molar-refractivity contribution is -0.199. The number of amides is 1. The topological polar surface area (TPSA) is 51.2 Å². The molecule has 4 heterocycles. The summed E-state index contributed by atoms with van der Waals surface area (Å²) in [6.45, 7) is 6.60. The molecule has 6 nitrogen and oxygen atoms in total. The van der Waals surface area contributed by atoms with Gasteiger partial charge in [0, 0.05) is 45.3 Å². The molecule has 0 radical (unpaired) electrons. The number of rotatable bonds is 4. The number of carbonyl (C=O) groups is 1. The van der Waals surface area contributed by atoms with E-state index in [2.05, 4.69) is 4.90 Å². The van der Waals surface area contributed by atoms with Gasteiger partial charge in [0.25, 0.3) is 0 Å². The molecule has 136 valence electrons. The number of ether oxygens (including phenoxy) is 2. The fraction of sp³-hybridized carbons (Fsp3) is 0.944. The van der Waals surface area contributed by atoms with Gasteiger partial charge in [0.05, 0.1) is 25.2 Å². The van der Waals surface area contributed by atoms with Crippen molar-refractivity contribution in [3.63, 3.8) is 0 Å². The molecule has 4 fully saturated rings. The highest BCUT2D eigenvalue weighted by atomic mass is 16.7. The molecule has 0 bridgehead atoms. The minimum absolute atomic E-state index is 0.0863. The lowest BCUT2D eigenvalue weighted by Gasteiger charge is -2.28. The van der Waals surface area contributed by atoms with E-state index >= 15 is 0 Å². The molecular formula is C18H30N2O4. The largest absolute Gasteiger partial charge is 0.381 e. The average molecular weight is 338 g/mol. The zero-order chi connectivity index (χ0) is 16.4. The van der Waals surface area contributed by atoms with Crippen LogP contribution in [0.5, 0.6) is 0 Å². The van der Waals surface area contributed by atoms with E-state index in [9.17, 15) is 4.79 Å². The van der Waals surface area contributed by atoms with Gasteiger partial charge in [-0.05, 0) is 38.0 Å². The minimum Gasteiger partial charge on any atom is -0.381 e. The summed E-state index contributed by atoms with van der Waals surface area (Å²) in [5, 5.41) is 1.55. The van der Waals surface area contributed by atoms with Crippen molar-refractivity contribution in [2.45, 2.75) is 50.7 Å². The summed E-state index contributed by atoms with van der Waals surface area (Å²) in [6.07, 6.45) is 6.40. The third-order valence-electron chi connectivity index (χ3n) is 5.93. The number of likely N-dealkylation sites (tertiary alicyclic amines) is 1. The number of hydroxylamine groups is 2. The van der Waals surface area contributed by atoms with Crippen LogP contribution in [0.2, 0.25) is 0 Å². The van der Waals surface area contributed by atoms with Crippen molar-refractivity contribution >= 4 is 5.91 Å². The van der Waals surface area contributed by atoms with Crippen LogP contribution in [0.3, 0.4) is 0 Å². The zero-order valence-electron chi connectivity index (χ0n) is 14.5. The molecule has 0 aromatic heterocycles. The SMILES string of the molecule is O=C(C[C@@H]1C[C@@H]2CN(CC3CCOCC3)C[C@@H]2O1)N1CCCCO1. The van der Waals surface area contributed by atoms with Gasteiger partial charge in [-0.2, -0.15) is 0 Å². The Bertz CT molecular complexity index is 421. The van der Waals surface area contributed by atoms with Crippen LogP contribution in [-0.4, -0.2) is 74.1 Å². The molecular weight excluding hydrogens is 308 g/mol. The predicted molar refractivity (Wildman–Crippen MR) is 88.3 cm³/mol. The molecule has 6 heteroatoms. The first-order valence-electron chi connectivity index (χ1n) is 9.67. The van der Waals surface area contributed by atoms with Gasteiger partial charge in [0.2, 0.25) is 5.91 Å². The van der Waals surface area contributed by atoms with Gasteiger partial charge in [0.15, 0.2) is 0 Å². The van der Waals surface area contributed by atoms with Gasteiger partial charge in [-0.1, -0.05) is 0 Å². The second-order valence-corrected chi connectivity index (χ2v) is 7.81. The van der Waals surface area contributed by atoms with Crippen LogP contribution < -0.4 is 0 Å². The van der Waals surface area contributed by atoms with Crippen LogP contribution in [0.25, 0.3) is 0 Å². The molecule has 0 saturated carbocycles. The third kappa shape index (κ3) is 3.93. The lowest BCUT2D eigenvalue weighted by Crippen LogP contribution is -2.38. The minimum atomic E-state index is 0.0863. The van der Waals surface area contributed by atoms with Crippen molar-refractivity contribution in [1.29, 1.82) is 0 Å². The quantitative estimate of drug-likeness (QED) is 0.776. The van der Waals surface area contributed by atoms with Crippen molar-refractivity contribution in [3.8, 4) is 0 Å². The summed E-state index contributed by atoms with van der Waals surface area (Å²) >= 11 is 0. The summed E-state index contributed by atoms with van der Waals surface area (Å²) in [4.78, 5) is 20.3. The summed E-state index contributed by atoms with van der Waals surface area (Å²) in [6, 6.07) is 0. The molecule has 0 spiro atoms. The molecule has 4 aliphatic heterocycles. The monoisotopic (exact) mass is 338 g/mol. The van der Waals surface area contributed by atoms with E-state index in [-0.39, 0.29) is 12.0 Å². The highest BCUT2D eigenvalue weighted by molar-refractivity contribution is 5.75. The van der Waals surface area contributed by atoms with Crippen LogP contribution in [0, 0.1) is 11.8 Å². The molecule has 1 amide bonds. The first kappa shape index (κ1) is 16.8. The number of carbonyl (C=O) groups excluding carboxylic acids is 1. The van der Waals surface area contributed by atoms with E-state index in [0.717, 1.165) is 58.0 Å². The Morgan fingerprint density at radius 3 is 2.71 bits per heavy atom. The van der Waals surface area contributed by atoms with E-state index < -0.39 is 0 Å². The average Bonchev–Trinajstić information content (AvgIpc) is 3.14. The number of hydrogen-bond acceptors (Lipinski definition) is 5. The first-order chi connectivity index (χ1) is 11.8. The van der Waals surface area contributed by atoms with E-state index in [0.29, 0.717) is 25.0 Å². The molecule has 4 saturated heterocycles. The van der Waals surface area contributed by atoms with Gasteiger partial charge in [-0.3, -0.25) is 9.63 Å². The smallest absolute Gasteiger partial charge is 0.248 e. The normalized spacial score (nSPS) is 35.3. The fourth-order valence-corrected chi connectivity index (χ4v) is 4.61. The van der Waals surface area contributed by atoms with Gasteiger partial charge in [-0.15, -0.1) is 0 Å². The zero-order valence-corrected chi connectivity index (χ0v) is 14.5. The Morgan fingerprint density at radius 1 is 1.08 bits per heavy atom. The summed E-state index contributed by atoms with van der Waals surface area (Å²) in [5.74, 6) is 1.48. The Morgan fingerprint density at radius 2 is 1.96 bits per heavy atom. The van der Waals surface area contributed by atoms with Gasteiger partial charge >= 0.3 is 0 Å². The Hall–Kier alpha value is -0.690. The van der Waals surface area contributed by atoms with Gasteiger partial charge in [0.1, 0.15) is 0 Å². The van der Waals surface area contributed by atoms with E-state index in [4.69, 9.17) is 14.3 Å². The van der Waals surface area contributed by atoms with Crippen molar-refractivity contribution in [3.05, 3.63) is 0 Å². The van der Waals surface area contributed by atoms with Crippen LogP contribution in [0.15, 0.2) is 0 Å². The van der Waals surface area contributed by atoms with Crippen molar-refractivity contribution < 1.29 is 19.1 Å². The number of nitrogens with zero attached hydrogens (tertiary/aromatic N) is 2. The van der Waals surface area contributed by atoms with E-state index in [1.165, 1.54) is 19.4 Å². The molecule has 3 atom stereocenters. The molecule has 0 aliphatic carbocycles. The van der Waals surface area contributed by atoms with Crippen molar-refractivity contribution in [2.75, 3.05) is 46.0 Å². The Labute approximate surface area is 144 Å². The van der Waals surface area contributed by atoms with Gasteiger partial charge < -0.3 is 14.4 Å². The summed E-state index contributed by atoms with van der Waals surface area (Å²) in [5.41, 5.74) is 0. The Balaban J connectivity index is 1.20. The van der Waals surface area contributed by atoms with Crippen molar-refractivity contribution in [1.82, 2.24) is 9.96 Å². The maximum absolute atomic E-state index is 12.3. The number of fused-ring (bicyclic) bond motifs is 1. The maximum atomic E-state index is 12.3. The Kier molecular flexibility index (Phi) is 5.37. The van der Waals surface area contributed by atoms with E-state index in [1.807, 2.05) is 0 Å². The van der Waals surface area contributed by atoms with Crippen LogP contribution in [0.4, 0.5) is 0 Å². The molecule has 4 aliphatic rings. The predicted octanol–water partition coefficient (Wildman–Crippen LogP) is 1.45. The maximum Gasteiger partial charge on any atom is 0.248 e. The van der Waals surface area contributed by atoms with Crippen LogP contribution in [-0.2, 0) is 19.1 Å². The van der Waals surface area contributed by atoms with Gasteiger partial charge in [-0.25, -0.2) is 5.06 Å². The molecule has 0 aromatic carbocycles. The summed E-state index contributed by atoms with van der Waals surface area (Å²) in [7, 11) is 0. The molecule has 0 unspecified atom stereocenters. The standard InChI is InChI=1S/C18H30N2O4/c21-18(20-5-1-2-6-23-20)10-16-9-15-12-19(13-17(15)24-16)11-14-3-7-22-8-4-14/h14-17H,1-13H2/t15-,16+,17+/m1/s1. The highest BCUT2D eigenvalue weighted by Gasteiger charge is 2.43. The molecule has 4 rings (SSSR count). The summed E-state index contributed by atoms with van der Waals surface area (Å²) < 4.78 is 11.6. The highest BCUT2D eigenvalue weighted by Crippen LogP contribution is 2.35. The molecule has 0 aromatic rings. The third-order valence-corrected chi connectivity index (χ3v) is 5.93. The fourth-order valence-electron chi connectivity index (χ4n) is 4.61. The molecule has 0 N–H and O–H groups in total. The second-order valence-electron chi connectivity index (χ2n) is 7.81. The number of hydrogen-bond donors (Lipinski definition) is 0. The first-order valence-corrected chi connectivity index (χ1v) is 9.67. The lowest BCUT2D eigenvalue weighted by atomic mass is 9.99.